The Balaban J connectivity index is 2.08. The number of hydrogen-bond acceptors (Lipinski definition) is 3. The van der Waals surface area contributed by atoms with Crippen LogP contribution in [0.15, 0.2) is 0 Å². The smallest absolute Gasteiger partial charge is 0.0829 e. The minimum absolute atomic E-state index is 0.134. The highest BCUT2D eigenvalue weighted by Crippen LogP contribution is 2.43. The van der Waals surface area contributed by atoms with E-state index in [0.29, 0.717) is 5.92 Å². The lowest BCUT2D eigenvalue weighted by atomic mass is 9.70. The van der Waals surface area contributed by atoms with Gasteiger partial charge >= 0.3 is 0 Å². The number of hydrogen-bond donors (Lipinski definition) is 1. The van der Waals surface area contributed by atoms with E-state index in [1.165, 1.54) is 32.1 Å². The molecule has 0 amide bonds. The average Bonchev–Trinajstić information content (AvgIpc) is 2.53. The van der Waals surface area contributed by atoms with Crippen molar-refractivity contribution in [1.82, 2.24) is 0 Å². The molecule has 1 heterocycles. The molecule has 0 aromatic heterocycles. The van der Waals surface area contributed by atoms with Crippen LogP contribution in [0.5, 0.6) is 0 Å². The van der Waals surface area contributed by atoms with Gasteiger partial charge in [-0.3, -0.25) is 0 Å². The molecule has 1 aliphatic carbocycles. The predicted octanol–water partition coefficient (Wildman–Crippen LogP) is 4.04. The molecule has 2 aliphatic rings. The molecule has 0 aromatic carbocycles. The van der Waals surface area contributed by atoms with Gasteiger partial charge in [0.1, 0.15) is 0 Å². The first-order valence-corrected chi connectivity index (χ1v) is 9.15. The normalized spacial score (nSPS) is 27.7. The van der Waals surface area contributed by atoms with Crippen LogP contribution in [0.3, 0.4) is 0 Å². The zero-order chi connectivity index (χ0) is 15.3. The monoisotopic (exact) mass is 297 g/mol. The zero-order valence-corrected chi connectivity index (χ0v) is 14.3. The first-order chi connectivity index (χ1) is 10.1. The van der Waals surface area contributed by atoms with Crippen molar-refractivity contribution in [1.29, 1.82) is 0 Å². The van der Waals surface area contributed by atoms with Crippen LogP contribution in [0.1, 0.15) is 78.6 Å². The van der Waals surface area contributed by atoms with Crippen molar-refractivity contribution < 1.29 is 9.47 Å². The lowest BCUT2D eigenvalue weighted by Gasteiger charge is -2.48. The van der Waals surface area contributed by atoms with Crippen LogP contribution in [0, 0.1) is 5.92 Å². The van der Waals surface area contributed by atoms with E-state index in [9.17, 15) is 0 Å². The molecule has 1 saturated heterocycles. The summed E-state index contributed by atoms with van der Waals surface area (Å²) in [5.41, 5.74) is 6.74. The Labute approximate surface area is 130 Å². The van der Waals surface area contributed by atoms with Crippen molar-refractivity contribution in [3.8, 4) is 0 Å². The topological polar surface area (TPSA) is 44.5 Å². The van der Waals surface area contributed by atoms with Gasteiger partial charge in [-0.1, -0.05) is 33.1 Å². The lowest BCUT2D eigenvalue weighted by Crippen LogP contribution is -2.57. The lowest BCUT2D eigenvalue weighted by molar-refractivity contribution is -0.142. The SMILES string of the molecule is CCOC(CC)(CC)C(N)C1CCOC2(CCCCC2)C1. The number of nitrogens with two attached hydrogens (primary N) is 1. The molecule has 2 fully saturated rings. The van der Waals surface area contributed by atoms with E-state index in [4.69, 9.17) is 15.2 Å². The molecule has 1 saturated carbocycles. The molecule has 1 spiro atoms. The molecule has 0 aromatic rings. The summed E-state index contributed by atoms with van der Waals surface area (Å²) < 4.78 is 12.4. The molecule has 3 nitrogen and oxygen atoms in total. The third-order valence-corrected chi connectivity index (χ3v) is 6.04. The Kier molecular flexibility index (Phi) is 6.10. The predicted molar refractivity (Wildman–Crippen MR) is 87.4 cm³/mol. The molecular formula is C18H35NO2. The highest BCUT2D eigenvalue weighted by Gasteiger charge is 2.45. The summed E-state index contributed by atoms with van der Waals surface area (Å²) in [4.78, 5) is 0. The maximum absolute atomic E-state index is 6.74. The molecule has 0 bridgehead atoms. The number of rotatable bonds is 6. The second kappa shape index (κ2) is 7.43. The van der Waals surface area contributed by atoms with Gasteiger partial charge in [0, 0.05) is 19.3 Å². The van der Waals surface area contributed by atoms with Gasteiger partial charge in [-0.2, -0.15) is 0 Å². The fraction of sp³-hybridized carbons (Fsp3) is 1.00. The van der Waals surface area contributed by atoms with E-state index < -0.39 is 0 Å². The van der Waals surface area contributed by atoms with Crippen LogP contribution in [0.2, 0.25) is 0 Å². The summed E-state index contributed by atoms with van der Waals surface area (Å²) in [6.07, 6.45) is 10.7. The fourth-order valence-electron chi connectivity index (χ4n) is 4.66. The molecule has 3 heteroatoms. The number of ether oxygens (including phenoxy) is 2. The second-order valence-corrected chi connectivity index (χ2v) is 7.08. The summed E-state index contributed by atoms with van der Waals surface area (Å²) in [5.74, 6) is 0.545. The minimum Gasteiger partial charge on any atom is -0.375 e. The van der Waals surface area contributed by atoms with Gasteiger partial charge in [-0.25, -0.2) is 0 Å². The molecule has 1 aliphatic heterocycles. The van der Waals surface area contributed by atoms with Crippen molar-refractivity contribution in [2.45, 2.75) is 95.8 Å². The van der Waals surface area contributed by atoms with Gasteiger partial charge in [0.05, 0.1) is 11.2 Å². The van der Waals surface area contributed by atoms with Crippen LogP contribution in [0.4, 0.5) is 0 Å². The Morgan fingerprint density at radius 3 is 2.43 bits per heavy atom. The van der Waals surface area contributed by atoms with Crippen LogP contribution in [-0.2, 0) is 9.47 Å². The highest BCUT2D eigenvalue weighted by atomic mass is 16.5. The van der Waals surface area contributed by atoms with Gasteiger partial charge in [0.2, 0.25) is 0 Å². The van der Waals surface area contributed by atoms with Crippen molar-refractivity contribution in [2.75, 3.05) is 13.2 Å². The van der Waals surface area contributed by atoms with Crippen LogP contribution in [-0.4, -0.2) is 30.5 Å². The van der Waals surface area contributed by atoms with Gasteiger partial charge in [-0.15, -0.1) is 0 Å². The molecule has 2 N–H and O–H groups in total. The molecule has 2 unspecified atom stereocenters. The molecule has 0 radical (unpaired) electrons. The zero-order valence-electron chi connectivity index (χ0n) is 14.3. The van der Waals surface area contributed by atoms with E-state index >= 15 is 0 Å². The van der Waals surface area contributed by atoms with E-state index in [2.05, 4.69) is 20.8 Å². The first-order valence-electron chi connectivity index (χ1n) is 9.15. The average molecular weight is 297 g/mol. The van der Waals surface area contributed by atoms with E-state index in [1.807, 2.05) is 0 Å². The van der Waals surface area contributed by atoms with Crippen molar-refractivity contribution in [3.63, 3.8) is 0 Å². The van der Waals surface area contributed by atoms with E-state index in [1.54, 1.807) is 0 Å². The summed E-state index contributed by atoms with van der Waals surface area (Å²) in [5, 5.41) is 0. The molecular weight excluding hydrogens is 262 g/mol. The maximum atomic E-state index is 6.74. The first kappa shape index (κ1) is 17.2. The van der Waals surface area contributed by atoms with Gasteiger partial charge in [0.25, 0.3) is 0 Å². The summed E-state index contributed by atoms with van der Waals surface area (Å²) in [7, 11) is 0. The summed E-state index contributed by atoms with van der Waals surface area (Å²) in [6, 6.07) is 0.134. The van der Waals surface area contributed by atoms with Crippen molar-refractivity contribution >= 4 is 0 Å². The summed E-state index contributed by atoms with van der Waals surface area (Å²) >= 11 is 0. The Morgan fingerprint density at radius 2 is 1.86 bits per heavy atom. The third-order valence-electron chi connectivity index (χ3n) is 6.04. The van der Waals surface area contributed by atoms with Crippen molar-refractivity contribution in [3.05, 3.63) is 0 Å². The Morgan fingerprint density at radius 1 is 1.19 bits per heavy atom. The van der Waals surface area contributed by atoms with Gasteiger partial charge < -0.3 is 15.2 Å². The van der Waals surface area contributed by atoms with Crippen molar-refractivity contribution in [2.24, 2.45) is 11.7 Å². The highest BCUT2D eigenvalue weighted by molar-refractivity contribution is 4.99. The minimum atomic E-state index is -0.146. The quantitative estimate of drug-likeness (QED) is 0.804. The van der Waals surface area contributed by atoms with Gasteiger partial charge in [0.15, 0.2) is 0 Å². The van der Waals surface area contributed by atoms with Gasteiger partial charge in [-0.05, 0) is 51.4 Å². The van der Waals surface area contributed by atoms with E-state index in [-0.39, 0.29) is 17.2 Å². The molecule has 124 valence electrons. The Bertz CT molecular complexity index is 303. The van der Waals surface area contributed by atoms with Crippen LogP contribution < -0.4 is 5.73 Å². The largest absolute Gasteiger partial charge is 0.375 e. The molecule has 21 heavy (non-hydrogen) atoms. The maximum Gasteiger partial charge on any atom is 0.0829 e. The molecule has 2 rings (SSSR count). The van der Waals surface area contributed by atoms with Crippen LogP contribution >= 0.6 is 0 Å². The van der Waals surface area contributed by atoms with E-state index in [0.717, 1.165) is 38.9 Å². The van der Waals surface area contributed by atoms with Crippen LogP contribution in [0.25, 0.3) is 0 Å². The third kappa shape index (κ3) is 3.62. The fourth-order valence-corrected chi connectivity index (χ4v) is 4.66. The Hall–Kier alpha value is -0.120. The second-order valence-electron chi connectivity index (χ2n) is 7.08. The summed E-state index contributed by atoms with van der Waals surface area (Å²) in [6.45, 7) is 8.15. The standard InChI is InChI=1S/C18H35NO2/c1-4-18(5-2,20-6-3)16(19)15-10-13-21-17(14-15)11-8-7-9-12-17/h15-16H,4-14,19H2,1-3H3. The molecule has 2 atom stereocenters.